The highest BCUT2D eigenvalue weighted by Gasteiger charge is 2.05. The lowest BCUT2D eigenvalue weighted by atomic mass is 10.1. The topological polar surface area (TPSA) is 27.0 Å². The molecule has 0 atom stereocenters. The molecule has 3 rings (SSSR count). The summed E-state index contributed by atoms with van der Waals surface area (Å²) in [5.74, 6) is 0. The van der Waals surface area contributed by atoms with Crippen LogP contribution in [0, 0.1) is 11.3 Å². The van der Waals surface area contributed by atoms with Crippen LogP contribution < -0.4 is 4.90 Å². The quantitative estimate of drug-likeness (QED) is 0.677. The second-order valence-electron chi connectivity index (χ2n) is 4.75. The zero-order chi connectivity index (χ0) is 13.9. The van der Waals surface area contributed by atoms with Crippen LogP contribution in [0.3, 0.4) is 0 Å². The Hall–Kier alpha value is -2.79. The maximum atomic E-state index is 8.99. The molecule has 0 aliphatic rings. The predicted molar refractivity (Wildman–Crippen MR) is 83.2 cm³/mol. The Morgan fingerprint density at radius 1 is 0.800 bits per heavy atom. The van der Waals surface area contributed by atoms with Crippen LogP contribution >= 0.6 is 0 Å². The van der Waals surface area contributed by atoms with Gasteiger partial charge in [0.1, 0.15) is 0 Å². The van der Waals surface area contributed by atoms with E-state index in [1.54, 1.807) is 0 Å². The first-order chi connectivity index (χ1) is 9.78. The number of nitriles is 1. The SMILES string of the molecule is CN(c1cccc(C#N)c1)c1ccc2ccccc2c1. The summed E-state index contributed by atoms with van der Waals surface area (Å²) in [6.45, 7) is 0. The molecule has 3 aromatic carbocycles. The molecule has 0 unspecified atom stereocenters. The maximum Gasteiger partial charge on any atom is 0.0992 e. The minimum absolute atomic E-state index is 0.676. The molecular formula is C18H14N2. The van der Waals surface area contributed by atoms with Crippen LogP contribution in [0.1, 0.15) is 5.56 Å². The van der Waals surface area contributed by atoms with E-state index in [1.165, 1.54) is 10.8 Å². The fourth-order valence-corrected chi connectivity index (χ4v) is 2.32. The van der Waals surface area contributed by atoms with Crippen molar-refractivity contribution in [3.05, 3.63) is 72.3 Å². The highest BCUT2D eigenvalue weighted by molar-refractivity contribution is 5.86. The minimum atomic E-state index is 0.676. The Kier molecular flexibility index (Phi) is 3.10. The fourth-order valence-electron chi connectivity index (χ4n) is 2.32. The van der Waals surface area contributed by atoms with Crippen molar-refractivity contribution in [2.45, 2.75) is 0 Å². The molecule has 0 amide bonds. The van der Waals surface area contributed by atoms with E-state index in [4.69, 9.17) is 5.26 Å². The van der Waals surface area contributed by atoms with Crippen molar-refractivity contribution in [3.8, 4) is 6.07 Å². The molecule has 2 nitrogen and oxygen atoms in total. The minimum Gasteiger partial charge on any atom is -0.345 e. The van der Waals surface area contributed by atoms with Crippen molar-refractivity contribution in [2.75, 3.05) is 11.9 Å². The Morgan fingerprint density at radius 2 is 1.55 bits per heavy atom. The highest BCUT2D eigenvalue weighted by Crippen LogP contribution is 2.27. The van der Waals surface area contributed by atoms with Gasteiger partial charge in [0.25, 0.3) is 0 Å². The summed E-state index contributed by atoms with van der Waals surface area (Å²) >= 11 is 0. The van der Waals surface area contributed by atoms with Crippen LogP contribution in [0.4, 0.5) is 11.4 Å². The summed E-state index contributed by atoms with van der Waals surface area (Å²) in [5.41, 5.74) is 2.80. The number of hydrogen-bond donors (Lipinski definition) is 0. The Balaban J connectivity index is 2.03. The van der Waals surface area contributed by atoms with Crippen molar-refractivity contribution in [1.29, 1.82) is 5.26 Å². The standard InChI is InChI=1S/C18H14N2/c1-20(17-8-4-5-14(11-17)13-19)18-10-9-15-6-2-3-7-16(15)12-18/h2-12H,1H3. The van der Waals surface area contributed by atoms with Gasteiger partial charge in [-0.3, -0.25) is 0 Å². The summed E-state index contributed by atoms with van der Waals surface area (Å²) in [4.78, 5) is 2.09. The molecule has 0 aliphatic carbocycles. The molecule has 96 valence electrons. The summed E-state index contributed by atoms with van der Waals surface area (Å²) in [5, 5.41) is 11.4. The van der Waals surface area contributed by atoms with Gasteiger partial charge in [0, 0.05) is 18.4 Å². The third-order valence-corrected chi connectivity index (χ3v) is 3.48. The van der Waals surface area contributed by atoms with Gasteiger partial charge in [0.15, 0.2) is 0 Å². The molecular weight excluding hydrogens is 244 g/mol. The normalized spacial score (nSPS) is 10.2. The molecule has 0 saturated heterocycles. The number of fused-ring (bicyclic) bond motifs is 1. The van der Waals surface area contributed by atoms with E-state index in [0.29, 0.717) is 5.56 Å². The zero-order valence-corrected chi connectivity index (χ0v) is 11.2. The molecule has 2 heteroatoms. The predicted octanol–water partition coefficient (Wildman–Crippen LogP) is 4.48. The summed E-state index contributed by atoms with van der Waals surface area (Å²) in [7, 11) is 2.01. The number of benzene rings is 3. The van der Waals surface area contributed by atoms with Gasteiger partial charge in [0.2, 0.25) is 0 Å². The van der Waals surface area contributed by atoms with E-state index >= 15 is 0 Å². The van der Waals surface area contributed by atoms with E-state index in [1.807, 2.05) is 43.4 Å². The lowest BCUT2D eigenvalue weighted by Gasteiger charge is -2.20. The van der Waals surface area contributed by atoms with Crippen molar-refractivity contribution in [3.63, 3.8) is 0 Å². The van der Waals surface area contributed by atoms with Crippen molar-refractivity contribution < 1.29 is 0 Å². The second kappa shape index (κ2) is 5.07. The highest BCUT2D eigenvalue weighted by atomic mass is 15.1. The average molecular weight is 258 g/mol. The first-order valence-corrected chi connectivity index (χ1v) is 6.50. The molecule has 0 fully saturated rings. The van der Waals surface area contributed by atoms with Crippen molar-refractivity contribution in [2.24, 2.45) is 0 Å². The number of nitrogens with zero attached hydrogens (tertiary/aromatic N) is 2. The van der Waals surface area contributed by atoms with E-state index < -0.39 is 0 Å². The van der Waals surface area contributed by atoms with Crippen LogP contribution in [-0.2, 0) is 0 Å². The average Bonchev–Trinajstić information content (AvgIpc) is 2.53. The van der Waals surface area contributed by atoms with Crippen molar-refractivity contribution >= 4 is 22.1 Å². The van der Waals surface area contributed by atoms with Gasteiger partial charge in [-0.05, 0) is 41.1 Å². The first kappa shape index (κ1) is 12.3. The molecule has 0 aliphatic heterocycles. The lowest BCUT2D eigenvalue weighted by Crippen LogP contribution is -2.09. The molecule has 0 N–H and O–H groups in total. The van der Waals surface area contributed by atoms with Crippen molar-refractivity contribution in [1.82, 2.24) is 0 Å². The molecule has 0 bridgehead atoms. The van der Waals surface area contributed by atoms with Gasteiger partial charge in [-0.25, -0.2) is 0 Å². The summed E-state index contributed by atoms with van der Waals surface area (Å²) < 4.78 is 0. The smallest absolute Gasteiger partial charge is 0.0992 e. The Bertz CT molecular complexity index is 800. The van der Waals surface area contributed by atoms with Gasteiger partial charge >= 0.3 is 0 Å². The van der Waals surface area contributed by atoms with Gasteiger partial charge < -0.3 is 4.90 Å². The number of anilines is 2. The van der Waals surface area contributed by atoms with Gasteiger partial charge in [0.05, 0.1) is 11.6 Å². The van der Waals surface area contributed by atoms with E-state index in [2.05, 4.69) is 41.3 Å². The fraction of sp³-hybridized carbons (Fsp3) is 0.0556. The lowest BCUT2D eigenvalue weighted by molar-refractivity contribution is 1.21. The van der Waals surface area contributed by atoms with E-state index in [0.717, 1.165) is 11.4 Å². The molecule has 20 heavy (non-hydrogen) atoms. The molecule has 0 radical (unpaired) electrons. The number of rotatable bonds is 2. The third kappa shape index (κ3) is 2.22. The third-order valence-electron chi connectivity index (χ3n) is 3.48. The molecule has 3 aromatic rings. The van der Waals surface area contributed by atoms with Gasteiger partial charge in [-0.15, -0.1) is 0 Å². The largest absolute Gasteiger partial charge is 0.345 e. The molecule has 0 heterocycles. The maximum absolute atomic E-state index is 8.99. The zero-order valence-electron chi connectivity index (χ0n) is 11.2. The van der Waals surface area contributed by atoms with E-state index in [-0.39, 0.29) is 0 Å². The first-order valence-electron chi connectivity index (χ1n) is 6.50. The Morgan fingerprint density at radius 3 is 2.35 bits per heavy atom. The van der Waals surface area contributed by atoms with Gasteiger partial charge in [-0.2, -0.15) is 5.26 Å². The molecule has 0 spiro atoms. The van der Waals surface area contributed by atoms with Crippen LogP contribution in [0.25, 0.3) is 10.8 Å². The van der Waals surface area contributed by atoms with Crippen LogP contribution in [0.15, 0.2) is 66.7 Å². The summed E-state index contributed by atoms with van der Waals surface area (Å²) in [6, 6.07) is 24.5. The van der Waals surface area contributed by atoms with E-state index in [9.17, 15) is 0 Å². The summed E-state index contributed by atoms with van der Waals surface area (Å²) in [6.07, 6.45) is 0. The Labute approximate surface area is 118 Å². The number of hydrogen-bond acceptors (Lipinski definition) is 2. The molecule has 0 aromatic heterocycles. The second-order valence-corrected chi connectivity index (χ2v) is 4.75. The van der Waals surface area contributed by atoms with Crippen LogP contribution in [-0.4, -0.2) is 7.05 Å². The molecule has 0 saturated carbocycles. The van der Waals surface area contributed by atoms with Gasteiger partial charge in [-0.1, -0.05) is 36.4 Å². The van der Waals surface area contributed by atoms with Crippen LogP contribution in [0.5, 0.6) is 0 Å². The van der Waals surface area contributed by atoms with Crippen LogP contribution in [0.2, 0.25) is 0 Å². The monoisotopic (exact) mass is 258 g/mol.